The van der Waals surface area contributed by atoms with Gasteiger partial charge in [-0.15, -0.1) is 5.10 Å². The summed E-state index contributed by atoms with van der Waals surface area (Å²) in [6, 6.07) is 11.6. The maximum atomic E-state index is 13.2. The second-order valence-corrected chi connectivity index (χ2v) is 9.62. The monoisotopic (exact) mass is 454 g/mol. The molecule has 1 unspecified atom stereocenters. The topological polar surface area (TPSA) is 80.0 Å². The first-order chi connectivity index (χ1) is 14.7. The molecule has 0 spiro atoms. The zero-order chi connectivity index (χ0) is 21.9. The fourth-order valence-electron chi connectivity index (χ4n) is 4.36. The van der Waals surface area contributed by atoms with Gasteiger partial charge in [-0.05, 0) is 47.7 Å². The van der Waals surface area contributed by atoms with Gasteiger partial charge in [0.15, 0.2) is 11.6 Å². The lowest BCUT2D eigenvalue weighted by molar-refractivity contribution is -0.118. The van der Waals surface area contributed by atoms with Crippen molar-refractivity contribution in [3.63, 3.8) is 0 Å². The lowest BCUT2D eigenvalue weighted by atomic mass is 9.73. The molecule has 5 rings (SSSR count). The summed E-state index contributed by atoms with van der Waals surface area (Å²) in [5.74, 6) is 1.24. The van der Waals surface area contributed by atoms with E-state index in [9.17, 15) is 9.90 Å². The third-order valence-electron chi connectivity index (χ3n) is 5.71. The number of carbonyl (C=O) groups excluding carboxylic acids is 1. The quantitative estimate of drug-likeness (QED) is 0.525. The van der Waals surface area contributed by atoms with E-state index in [0.29, 0.717) is 39.4 Å². The van der Waals surface area contributed by atoms with Crippen molar-refractivity contribution in [3.8, 4) is 17.1 Å². The van der Waals surface area contributed by atoms with E-state index in [1.54, 1.807) is 35.0 Å². The van der Waals surface area contributed by atoms with Gasteiger partial charge in [0.25, 0.3) is 0 Å². The van der Waals surface area contributed by atoms with Crippen molar-refractivity contribution in [2.45, 2.75) is 32.7 Å². The SMILES string of the molecule is CC1(C)CC(=O)C2=C(C1)Nc1nc(-c3ccc(Cl)cc3Cl)nn1C2c1ccc(O)cc1. The van der Waals surface area contributed by atoms with Gasteiger partial charge < -0.3 is 10.4 Å². The molecule has 2 aliphatic rings. The van der Waals surface area contributed by atoms with E-state index >= 15 is 0 Å². The molecule has 1 aliphatic carbocycles. The summed E-state index contributed by atoms with van der Waals surface area (Å²) < 4.78 is 1.72. The van der Waals surface area contributed by atoms with E-state index in [-0.39, 0.29) is 16.9 Å². The Bertz CT molecular complexity index is 1240. The molecular formula is C23H20Cl2N4O2. The number of benzene rings is 2. The Morgan fingerprint density at radius 3 is 2.58 bits per heavy atom. The Labute approximate surface area is 189 Å². The van der Waals surface area contributed by atoms with Gasteiger partial charge >= 0.3 is 0 Å². The van der Waals surface area contributed by atoms with Crippen LogP contribution in [0.15, 0.2) is 53.7 Å². The predicted molar refractivity (Wildman–Crippen MR) is 120 cm³/mol. The average molecular weight is 455 g/mol. The molecule has 31 heavy (non-hydrogen) atoms. The third kappa shape index (κ3) is 3.50. The van der Waals surface area contributed by atoms with Gasteiger partial charge in [0.2, 0.25) is 5.95 Å². The average Bonchev–Trinajstić information content (AvgIpc) is 3.09. The number of nitrogens with one attached hydrogen (secondary N) is 1. The van der Waals surface area contributed by atoms with Gasteiger partial charge in [-0.3, -0.25) is 4.79 Å². The molecule has 0 bridgehead atoms. The van der Waals surface area contributed by atoms with Crippen LogP contribution in [0.25, 0.3) is 11.4 Å². The van der Waals surface area contributed by atoms with Crippen LogP contribution in [0.4, 0.5) is 5.95 Å². The van der Waals surface area contributed by atoms with Crippen molar-refractivity contribution in [2.75, 3.05) is 5.32 Å². The van der Waals surface area contributed by atoms with E-state index in [1.807, 2.05) is 12.1 Å². The van der Waals surface area contributed by atoms with Crippen molar-refractivity contribution in [2.24, 2.45) is 5.41 Å². The highest BCUT2D eigenvalue weighted by Gasteiger charge is 2.42. The molecule has 3 aromatic rings. The van der Waals surface area contributed by atoms with Crippen LogP contribution in [0.2, 0.25) is 10.0 Å². The number of aromatic hydroxyl groups is 1. The van der Waals surface area contributed by atoms with Crippen LogP contribution < -0.4 is 5.32 Å². The Balaban J connectivity index is 1.68. The Kier molecular flexibility index (Phi) is 4.61. The normalized spacial score (nSPS) is 19.6. The number of aromatic nitrogens is 3. The van der Waals surface area contributed by atoms with Gasteiger partial charge in [0.05, 0.1) is 5.02 Å². The van der Waals surface area contributed by atoms with E-state index in [0.717, 1.165) is 17.7 Å². The van der Waals surface area contributed by atoms with Crippen LogP contribution >= 0.6 is 23.2 Å². The molecule has 1 atom stereocenters. The number of ketones is 1. The van der Waals surface area contributed by atoms with Crippen LogP contribution in [0.3, 0.4) is 0 Å². The van der Waals surface area contributed by atoms with Crippen molar-refractivity contribution < 1.29 is 9.90 Å². The zero-order valence-electron chi connectivity index (χ0n) is 17.0. The molecule has 1 aliphatic heterocycles. The minimum absolute atomic E-state index is 0.0871. The number of phenolic OH excluding ortho intramolecular Hbond substituents is 1. The molecule has 0 amide bonds. The van der Waals surface area contributed by atoms with Crippen LogP contribution in [0, 0.1) is 5.41 Å². The number of hydrogen-bond donors (Lipinski definition) is 2. The molecule has 2 N–H and O–H groups in total. The fourth-order valence-corrected chi connectivity index (χ4v) is 4.85. The van der Waals surface area contributed by atoms with Gasteiger partial charge in [-0.1, -0.05) is 49.2 Å². The highest BCUT2D eigenvalue weighted by atomic mass is 35.5. The summed E-state index contributed by atoms with van der Waals surface area (Å²) in [4.78, 5) is 17.9. The summed E-state index contributed by atoms with van der Waals surface area (Å²) in [5, 5.41) is 18.8. The Morgan fingerprint density at radius 2 is 1.87 bits per heavy atom. The van der Waals surface area contributed by atoms with Crippen molar-refractivity contribution in [1.29, 1.82) is 0 Å². The van der Waals surface area contributed by atoms with E-state index in [4.69, 9.17) is 28.3 Å². The van der Waals surface area contributed by atoms with E-state index < -0.39 is 6.04 Å². The van der Waals surface area contributed by atoms with Crippen LogP contribution in [-0.2, 0) is 4.79 Å². The van der Waals surface area contributed by atoms with Crippen molar-refractivity contribution in [3.05, 3.63) is 69.3 Å². The molecule has 1 aromatic heterocycles. The number of nitrogens with zero attached hydrogens (tertiary/aromatic N) is 3. The number of hydrogen-bond acceptors (Lipinski definition) is 5. The number of anilines is 1. The third-order valence-corrected chi connectivity index (χ3v) is 6.26. The first kappa shape index (κ1) is 20.1. The second-order valence-electron chi connectivity index (χ2n) is 8.78. The lowest BCUT2D eigenvalue weighted by Gasteiger charge is -2.38. The maximum absolute atomic E-state index is 13.2. The van der Waals surface area contributed by atoms with Gasteiger partial charge in [0, 0.05) is 28.3 Å². The molecule has 0 saturated heterocycles. The predicted octanol–water partition coefficient (Wildman–Crippen LogP) is 5.62. The molecular weight excluding hydrogens is 435 g/mol. The summed E-state index contributed by atoms with van der Waals surface area (Å²) >= 11 is 12.4. The summed E-state index contributed by atoms with van der Waals surface area (Å²) in [6.45, 7) is 4.17. The minimum atomic E-state index is -0.442. The van der Waals surface area contributed by atoms with Gasteiger partial charge in [0.1, 0.15) is 11.8 Å². The number of carbonyl (C=O) groups is 1. The highest BCUT2D eigenvalue weighted by Crippen LogP contribution is 2.46. The second kappa shape index (κ2) is 7.11. The van der Waals surface area contributed by atoms with Gasteiger partial charge in [-0.25, -0.2) is 4.68 Å². The van der Waals surface area contributed by atoms with E-state index in [1.165, 1.54) is 0 Å². The number of rotatable bonds is 2. The van der Waals surface area contributed by atoms with Crippen molar-refractivity contribution in [1.82, 2.24) is 14.8 Å². The molecule has 0 fully saturated rings. The number of Topliss-reactive ketones (excluding diaryl/α,β-unsaturated/α-hetero) is 1. The minimum Gasteiger partial charge on any atom is -0.508 e. The molecule has 158 valence electrons. The number of fused-ring (bicyclic) bond motifs is 1. The summed E-state index contributed by atoms with van der Waals surface area (Å²) in [5.41, 5.74) is 2.92. The van der Waals surface area contributed by atoms with Crippen LogP contribution in [-0.4, -0.2) is 25.7 Å². The first-order valence-electron chi connectivity index (χ1n) is 9.96. The van der Waals surface area contributed by atoms with Gasteiger partial charge in [-0.2, -0.15) is 4.98 Å². The molecule has 8 heteroatoms. The molecule has 2 aromatic carbocycles. The summed E-state index contributed by atoms with van der Waals surface area (Å²) in [6.07, 6.45) is 1.19. The fraction of sp³-hybridized carbons (Fsp3) is 0.261. The van der Waals surface area contributed by atoms with E-state index in [2.05, 4.69) is 24.1 Å². The highest BCUT2D eigenvalue weighted by molar-refractivity contribution is 6.36. The Hall–Kier alpha value is -2.83. The number of phenols is 1. The number of allylic oxidation sites excluding steroid dienone is 2. The molecule has 2 heterocycles. The lowest BCUT2D eigenvalue weighted by Crippen LogP contribution is -2.36. The first-order valence-corrected chi connectivity index (χ1v) is 10.7. The standard InChI is InChI=1S/C23H20Cl2N4O2/c1-23(2)10-17-19(18(31)11-23)20(12-3-6-14(30)7-4-12)29-22(26-17)27-21(28-29)15-8-5-13(24)9-16(15)25/h3-9,20,30H,10-11H2,1-2H3,(H,26,27,28). The maximum Gasteiger partial charge on any atom is 0.226 e. The largest absolute Gasteiger partial charge is 0.508 e. The Morgan fingerprint density at radius 1 is 1.13 bits per heavy atom. The van der Waals surface area contributed by atoms with Crippen LogP contribution in [0.5, 0.6) is 5.75 Å². The van der Waals surface area contributed by atoms with Crippen molar-refractivity contribution >= 4 is 34.9 Å². The van der Waals surface area contributed by atoms with Crippen LogP contribution in [0.1, 0.15) is 38.3 Å². The zero-order valence-corrected chi connectivity index (χ0v) is 18.5. The molecule has 0 radical (unpaired) electrons. The molecule has 0 saturated carbocycles. The smallest absolute Gasteiger partial charge is 0.226 e. The number of halogens is 2. The molecule has 6 nitrogen and oxygen atoms in total. The summed E-state index contributed by atoms with van der Waals surface area (Å²) in [7, 11) is 0.